The van der Waals surface area contributed by atoms with Gasteiger partial charge in [-0.25, -0.2) is 13.5 Å². The number of hydrogen-bond donors (Lipinski definition) is 1. The number of aromatic nitrogens is 4. The van der Waals surface area contributed by atoms with E-state index >= 15 is 0 Å². The monoisotopic (exact) mass is 516 g/mol. The Morgan fingerprint density at radius 2 is 1.97 bits per heavy atom. The van der Waals surface area contributed by atoms with Crippen LogP contribution in [-0.2, 0) is 11.2 Å². The molecule has 1 atom stereocenters. The van der Waals surface area contributed by atoms with Gasteiger partial charge < -0.3 is 10.5 Å². The average molecular weight is 517 g/mol. The summed E-state index contributed by atoms with van der Waals surface area (Å²) in [6.45, 7) is 2.74. The van der Waals surface area contributed by atoms with Crippen molar-refractivity contribution in [3.8, 4) is 11.8 Å². The molecule has 7 nitrogen and oxygen atoms in total. The third-order valence-electron chi connectivity index (χ3n) is 8.52. The largest absolute Gasteiger partial charge is 0.384 e. The standard InChI is InChI=1S/C29H30F2N6O/c1-16-5-8-23-22(15-35-37(23)24-4-2-3-9-38-24)26(16)36-27-19(10-17-11-29(30,31)12-17)25(18-6-7-18)34-14-21(27)20(13-32)28(36)33/h5,8,14-15,17-18,24H,2-4,6-7,9-12,33H2,1H3. The van der Waals surface area contributed by atoms with Crippen LogP contribution in [0.1, 0.15) is 79.5 Å². The number of nitrogen functional groups attached to an aromatic ring is 1. The molecule has 4 aromatic rings. The number of benzene rings is 1. The number of ether oxygens (including phenoxy) is 1. The molecular weight excluding hydrogens is 486 g/mol. The molecule has 3 aliphatic rings. The first-order valence-electron chi connectivity index (χ1n) is 13.5. The fraction of sp³-hybridized carbons (Fsp3) is 0.483. The van der Waals surface area contributed by atoms with E-state index < -0.39 is 5.92 Å². The number of rotatable bonds is 5. The Balaban J connectivity index is 1.48. The Bertz CT molecular complexity index is 1610. The summed E-state index contributed by atoms with van der Waals surface area (Å²) < 4.78 is 37.6. The first-order chi connectivity index (χ1) is 18.4. The van der Waals surface area contributed by atoms with Gasteiger partial charge in [-0.05, 0) is 68.6 Å². The van der Waals surface area contributed by atoms with E-state index in [9.17, 15) is 14.0 Å². The Hall–Kier alpha value is -3.51. The van der Waals surface area contributed by atoms with E-state index in [0.717, 1.165) is 71.0 Å². The third-order valence-corrected chi connectivity index (χ3v) is 8.52. The van der Waals surface area contributed by atoms with E-state index in [1.54, 1.807) is 6.20 Å². The maximum atomic E-state index is 13.8. The van der Waals surface area contributed by atoms with Crippen LogP contribution in [0.5, 0.6) is 0 Å². The number of pyridine rings is 1. The summed E-state index contributed by atoms with van der Waals surface area (Å²) in [6, 6.07) is 6.40. The molecule has 7 rings (SSSR count). The Labute approximate surface area is 219 Å². The molecule has 2 saturated carbocycles. The van der Waals surface area contributed by atoms with Gasteiger partial charge in [-0.3, -0.25) is 9.55 Å². The zero-order valence-corrected chi connectivity index (χ0v) is 21.4. The third kappa shape index (κ3) is 3.61. The van der Waals surface area contributed by atoms with Crippen molar-refractivity contribution in [2.75, 3.05) is 12.3 Å². The van der Waals surface area contributed by atoms with Crippen molar-refractivity contribution in [1.29, 1.82) is 5.26 Å². The van der Waals surface area contributed by atoms with Gasteiger partial charge in [0, 0.05) is 48.0 Å². The van der Waals surface area contributed by atoms with Gasteiger partial charge in [0.2, 0.25) is 5.92 Å². The Morgan fingerprint density at radius 1 is 1.16 bits per heavy atom. The van der Waals surface area contributed by atoms with Gasteiger partial charge in [0.25, 0.3) is 0 Å². The van der Waals surface area contributed by atoms with E-state index in [1.165, 1.54) is 0 Å². The molecule has 3 fully saturated rings. The minimum Gasteiger partial charge on any atom is -0.384 e. The highest BCUT2D eigenvalue weighted by atomic mass is 19.3. The minimum absolute atomic E-state index is 0.114. The number of nitriles is 1. The molecule has 0 radical (unpaired) electrons. The van der Waals surface area contributed by atoms with Crippen molar-refractivity contribution in [2.45, 2.75) is 76.4 Å². The fourth-order valence-corrected chi connectivity index (χ4v) is 6.50. The van der Waals surface area contributed by atoms with Crippen LogP contribution in [0.3, 0.4) is 0 Å². The normalized spacial score (nSPS) is 21.6. The number of halogens is 2. The zero-order valence-electron chi connectivity index (χ0n) is 21.4. The Morgan fingerprint density at radius 3 is 2.66 bits per heavy atom. The second-order valence-corrected chi connectivity index (χ2v) is 11.3. The molecule has 1 aliphatic heterocycles. The lowest BCUT2D eigenvalue weighted by atomic mass is 9.77. The molecule has 9 heteroatoms. The Kier molecular flexibility index (Phi) is 5.28. The van der Waals surface area contributed by atoms with Gasteiger partial charge in [-0.2, -0.15) is 10.4 Å². The van der Waals surface area contributed by atoms with Gasteiger partial charge in [0.1, 0.15) is 17.5 Å². The number of alkyl halides is 2. The summed E-state index contributed by atoms with van der Waals surface area (Å²) in [5.41, 5.74) is 12.6. The molecule has 0 amide bonds. The lowest BCUT2D eigenvalue weighted by Crippen LogP contribution is -2.36. The van der Waals surface area contributed by atoms with E-state index in [1.807, 2.05) is 28.4 Å². The number of nitrogens with two attached hydrogens (primary N) is 1. The van der Waals surface area contributed by atoms with Crippen molar-refractivity contribution in [1.82, 2.24) is 19.3 Å². The van der Waals surface area contributed by atoms with Crippen molar-refractivity contribution < 1.29 is 13.5 Å². The maximum absolute atomic E-state index is 13.8. The molecule has 0 bridgehead atoms. The summed E-state index contributed by atoms with van der Waals surface area (Å²) in [4.78, 5) is 4.78. The second-order valence-electron chi connectivity index (χ2n) is 11.3. The van der Waals surface area contributed by atoms with E-state index in [2.05, 4.69) is 12.1 Å². The molecule has 3 aromatic heterocycles. The van der Waals surface area contributed by atoms with Crippen molar-refractivity contribution >= 4 is 27.6 Å². The molecule has 2 N–H and O–H groups in total. The number of anilines is 1. The van der Waals surface area contributed by atoms with Crippen LogP contribution in [0.4, 0.5) is 14.6 Å². The van der Waals surface area contributed by atoms with Crippen molar-refractivity contribution in [3.05, 3.63) is 46.9 Å². The minimum atomic E-state index is -2.59. The molecule has 2 aliphatic carbocycles. The van der Waals surface area contributed by atoms with Gasteiger partial charge in [-0.1, -0.05) is 6.07 Å². The highest BCUT2D eigenvalue weighted by Gasteiger charge is 2.46. The van der Waals surface area contributed by atoms with Crippen LogP contribution in [0.15, 0.2) is 24.5 Å². The number of nitrogens with zero attached hydrogens (tertiary/aromatic N) is 5. The molecule has 4 heterocycles. The quantitative estimate of drug-likeness (QED) is 0.336. The predicted molar refractivity (Wildman–Crippen MR) is 140 cm³/mol. The first-order valence-corrected chi connectivity index (χ1v) is 13.5. The second kappa shape index (κ2) is 8.50. The maximum Gasteiger partial charge on any atom is 0.248 e. The predicted octanol–water partition coefficient (Wildman–Crippen LogP) is 6.30. The average Bonchev–Trinajstić information content (AvgIpc) is 3.57. The molecule has 1 unspecified atom stereocenters. The lowest BCUT2D eigenvalue weighted by Gasteiger charge is -2.35. The summed E-state index contributed by atoms with van der Waals surface area (Å²) in [5.74, 6) is -2.04. The smallest absolute Gasteiger partial charge is 0.248 e. The number of hydrogen-bond acceptors (Lipinski definition) is 5. The summed E-state index contributed by atoms with van der Waals surface area (Å²) in [5, 5.41) is 16.4. The van der Waals surface area contributed by atoms with E-state index in [0.29, 0.717) is 35.7 Å². The van der Waals surface area contributed by atoms with Gasteiger partial charge >= 0.3 is 0 Å². The van der Waals surface area contributed by atoms with E-state index in [-0.39, 0.29) is 25.0 Å². The first kappa shape index (κ1) is 23.6. The highest BCUT2D eigenvalue weighted by Crippen LogP contribution is 2.49. The van der Waals surface area contributed by atoms with E-state index in [4.69, 9.17) is 20.6 Å². The van der Waals surface area contributed by atoms with Crippen LogP contribution in [-0.4, -0.2) is 31.9 Å². The fourth-order valence-electron chi connectivity index (χ4n) is 6.50. The topological polar surface area (TPSA) is 94.7 Å². The van der Waals surface area contributed by atoms with Crippen LogP contribution in [0.25, 0.3) is 27.5 Å². The summed E-state index contributed by atoms with van der Waals surface area (Å²) >= 11 is 0. The SMILES string of the molecule is Cc1ccc2c(cnn2C2CCCCO2)c1-n1c(N)c(C#N)c2cnc(C3CC3)c(CC3CC(F)(F)C3)c21. The van der Waals surface area contributed by atoms with Crippen LogP contribution in [0, 0.1) is 24.2 Å². The highest BCUT2D eigenvalue weighted by molar-refractivity contribution is 5.99. The zero-order chi connectivity index (χ0) is 26.2. The van der Waals surface area contributed by atoms with Crippen molar-refractivity contribution in [2.24, 2.45) is 5.92 Å². The molecule has 0 spiro atoms. The molecule has 1 saturated heterocycles. The molecular formula is C29H30F2N6O. The summed E-state index contributed by atoms with van der Waals surface area (Å²) in [6.07, 6.45) is 8.88. The van der Waals surface area contributed by atoms with Gasteiger partial charge in [0.05, 0.1) is 22.9 Å². The molecule has 1 aromatic carbocycles. The summed E-state index contributed by atoms with van der Waals surface area (Å²) in [7, 11) is 0. The van der Waals surface area contributed by atoms with Crippen LogP contribution in [0.2, 0.25) is 0 Å². The lowest BCUT2D eigenvalue weighted by molar-refractivity contribution is -0.109. The van der Waals surface area contributed by atoms with Gasteiger partial charge in [0.15, 0.2) is 6.23 Å². The molecule has 196 valence electrons. The van der Waals surface area contributed by atoms with Crippen molar-refractivity contribution in [3.63, 3.8) is 0 Å². The van der Waals surface area contributed by atoms with Crippen LogP contribution < -0.4 is 5.73 Å². The number of aryl methyl sites for hydroxylation is 1. The van der Waals surface area contributed by atoms with Crippen LogP contribution >= 0.6 is 0 Å². The number of fused-ring (bicyclic) bond motifs is 2. The molecule has 38 heavy (non-hydrogen) atoms. The van der Waals surface area contributed by atoms with Gasteiger partial charge in [-0.15, -0.1) is 0 Å².